The van der Waals surface area contributed by atoms with Crippen molar-refractivity contribution in [1.29, 1.82) is 0 Å². The number of benzene rings is 2. The van der Waals surface area contributed by atoms with Crippen LogP contribution < -0.4 is 4.74 Å². The Balaban J connectivity index is 1.69. The van der Waals surface area contributed by atoms with Crippen LogP contribution in [0.25, 0.3) is 0 Å². The van der Waals surface area contributed by atoms with Gasteiger partial charge in [-0.3, -0.25) is 0 Å². The number of hydrogen-bond donors (Lipinski definition) is 0. The Kier molecular flexibility index (Phi) is 9.22. The monoisotopic (exact) mass is 436 g/mol. The minimum absolute atomic E-state index is 0.222. The number of hydrogen-bond acceptors (Lipinski definition) is 2. The van der Waals surface area contributed by atoms with E-state index in [4.69, 9.17) is 9.47 Å². The molecule has 0 aromatic heterocycles. The first-order valence-corrected chi connectivity index (χ1v) is 12.8. The lowest BCUT2D eigenvalue weighted by atomic mass is 9.80. The summed E-state index contributed by atoms with van der Waals surface area (Å²) in [5.41, 5.74) is 2.94. The van der Waals surface area contributed by atoms with Gasteiger partial charge in [-0.2, -0.15) is 0 Å². The van der Waals surface area contributed by atoms with E-state index in [9.17, 15) is 0 Å². The molecule has 2 heteroatoms. The summed E-state index contributed by atoms with van der Waals surface area (Å²) in [4.78, 5) is 0. The van der Waals surface area contributed by atoms with E-state index in [1.807, 2.05) is 6.07 Å². The summed E-state index contributed by atoms with van der Waals surface area (Å²) in [7, 11) is 0. The van der Waals surface area contributed by atoms with Crippen molar-refractivity contribution in [3.05, 3.63) is 65.7 Å². The van der Waals surface area contributed by atoms with Gasteiger partial charge in [-0.1, -0.05) is 96.3 Å². The highest BCUT2D eigenvalue weighted by Gasteiger charge is 2.29. The molecule has 3 rings (SSSR count). The molecule has 1 aliphatic carbocycles. The normalized spacial score (nSPS) is 18.2. The molecule has 0 bridgehead atoms. The maximum Gasteiger partial charge on any atom is 0.202 e. The summed E-state index contributed by atoms with van der Waals surface area (Å²) < 4.78 is 12.9. The first-order chi connectivity index (χ1) is 15.4. The highest BCUT2D eigenvalue weighted by Crippen LogP contribution is 2.36. The third-order valence-corrected chi connectivity index (χ3v) is 7.04. The van der Waals surface area contributed by atoms with Crippen molar-refractivity contribution in [2.75, 3.05) is 0 Å². The van der Waals surface area contributed by atoms with E-state index in [-0.39, 0.29) is 6.29 Å². The smallest absolute Gasteiger partial charge is 0.202 e. The van der Waals surface area contributed by atoms with E-state index in [2.05, 4.69) is 83.1 Å². The molecule has 0 aliphatic heterocycles. The second-order valence-electron chi connectivity index (χ2n) is 11.0. The number of rotatable bonds is 10. The van der Waals surface area contributed by atoms with Gasteiger partial charge in [0.15, 0.2) is 0 Å². The maximum absolute atomic E-state index is 6.50. The van der Waals surface area contributed by atoms with Crippen molar-refractivity contribution < 1.29 is 9.47 Å². The minimum Gasteiger partial charge on any atom is -0.465 e. The van der Waals surface area contributed by atoms with Gasteiger partial charge in [-0.15, -0.1) is 0 Å². The van der Waals surface area contributed by atoms with Crippen LogP contribution in [0.1, 0.15) is 96.6 Å². The molecule has 0 heterocycles. The van der Waals surface area contributed by atoms with Crippen LogP contribution in [-0.4, -0.2) is 6.29 Å². The van der Waals surface area contributed by atoms with E-state index < -0.39 is 0 Å². The standard InChI is InChI=1S/C30H44O2/c1-6-25(21-30(3,4)5)27-17-19-28(20-18-27)32-29(23(2)26-15-11-8-12-16-26)31-22-24-13-9-7-10-14-24/h7,9-10,13-14,17-20,23,25-26,29H,6,8,11-12,15-16,21-22H2,1-5H3. The van der Waals surface area contributed by atoms with Crippen molar-refractivity contribution in [2.24, 2.45) is 17.3 Å². The second-order valence-corrected chi connectivity index (χ2v) is 11.0. The first-order valence-electron chi connectivity index (χ1n) is 12.8. The van der Waals surface area contributed by atoms with E-state index in [0.29, 0.717) is 29.8 Å². The summed E-state index contributed by atoms with van der Waals surface area (Å²) in [5, 5.41) is 0. The fourth-order valence-corrected chi connectivity index (χ4v) is 5.12. The Bertz CT molecular complexity index is 769. The van der Waals surface area contributed by atoms with Gasteiger partial charge in [0.1, 0.15) is 5.75 Å². The van der Waals surface area contributed by atoms with E-state index in [1.165, 1.54) is 56.1 Å². The lowest BCUT2D eigenvalue weighted by Crippen LogP contribution is -2.34. The first kappa shape index (κ1) is 24.8. The molecule has 0 amide bonds. The summed E-state index contributed by atoms with van der Waals surface area (Å²) in [5.74, 6) is 2.57. The molecule has 0 spiro atoms. The number of ether oxygens (including phenoxy) is 2. The molecule has 2 aromatic rings. The third kappa shape index (κ3) is 7.66. The highest BCUT2D eigenvalue weighted by molar-refractivity contribution is 5.29. The minimum atomic E-state index is -0.222. The third-order valence-electron chi connectivity index (χ3n) is 7.04. The molecule has 0 N–H and O–H groups in total. The molecule has 0 saturated heterocycles. The Morgan fingerprint density at radius 2 is 1.56 bits per heavy atom. The van der Waals surface area contributed by atoms with Gasteiger partial charge < -0.3 is 9.47 Å². The van der Waals surface area contributed by atoms with Crippen LogP contribution in [0.2, 0.25) is 0 Å². The van der Waals surface area contributed by atoms with Crippen LogP contribution in [0.15, 0.2) is 54.6 Å². The van der Waals surface area contributed by atoms with Gasteiger partial charge in [0.05, 0.1) is 6.61 Å². The summed E-state index contributed by atoms with van der Waals surface area (Å²) in [6.45, 7) is 12.2. The molecule has 1 aliphatic rings. The van der Waals surface area contributed by atoms with Crippen molar-refractivity contribution in [3.63, 3.8) is 0 Å². The van der Waals surface area contributed by atoms with Crippen molar-refractivity contribution in [1.82, 2.24) is 0 Å². The zero-order chi connectivity index (χ0) is 23.0. The SMILES string of the molecule is CCC(CC(C)(C)C)c1ccc(OC(OCc2ccccc2)C(C)C2CCCCC2)cc1. The molecule has 3 unspecified atom stereocenters. The molecule has 0 radical (unpaired) electrons. The zero-order valence-corrected chi connectivity index (χ0v) is 21.0. The van der Waals surface area contributed by atoms with E-state index in [0.717, 1.165) is 5.75 Å². The van der Waals surface area contributed by atoms with E-state index >= 15 is 0 Å². The zero-order valence-electron chi connectivity index (χ0n) is 21.0. The molecule has 1 saturated carbocycles. The van der Waals surface area contributed by atoms with Gasteiger partial charge in [-0.25, -0.2) is 0 Å². The average molecular weight is 437 g/mol. The molecule has 32 heavy (non-hydrogen) atoms. The summed E-state index contributed by atoms with van der Waals surface area (Å²) in [6, 6.07) is 19.2. The molecular weight excluding hydrogens is 392 g/mol. The summed E-state index contributed by atoms with van der Waals surface area (Å²) in [6.07, 6.45) is 8.76. The average Bonchev–Trinajstić information content (AvgIpc) is 2.81. The van der Waals surface area contributed by atoms with Crippen LogP contribution in [0.3, 0.4) is 0 Å². The summed E-state index contributed by atoms with van der Waals surface area (Å²) >= 11 is 0. The van der Waals surface area contributed by atoms with Crippen molar-refractivity contribution in [3.8, 4) is 5.75 Å². The van der Waals surface area contributed by atoms with Crippen molar-refractivity contribution in [2.45, 2.75) is 98.4 Å². The van der Waals surface area contributed by atoms with Crippen LogP contribution in [0.4, 0.5) is 0 Å². The fourth-order valence-electron chi connectivity index (χ4n) is 5.12. The van der Waals surface area contributed by atoms with Gasteiger partial charge in [0, 0.05) is 5.92 Å². The Morgan fingerprint density at radius 1 is 0.906 bits per heavy atom. The van der Waals surface area contributed by atoms with Crippen molar-refractivity contribution >= 4 is 0 Å². The predicted octanol–water partition coefficient (Wildman–Crippen LogP) is 8.75. The topological polar surface area (TPSA) is 18.5 Å². The van der Waals surface area contributed by atoms with Crippen LogP contribution in [0.5, 0.6) is 5.75 Å². The Labute approximate surface area is 196 Å². The van der Waals surface area contributed by atoms with Gasteiger partial charge in [0.2, 0.25) is 6.29 Å². The molecule has 1 fully saturated rings. The quantitative estimate of drug-likeness (QED) is 0.347. The van der Waals surface area contributed by atoms with Crippen LogP contribution >= 0.6 is 0 Å². The lowest BCUT2D eigenvalue weighted by molar-refractivity contribution is -0.135. The maximum atomic E-state index is 6.50. The molecule has 176 valence electrons. The van der Waals surface area contributed by atoms with E-state index in [1.54, 1.807) is 0 Å². The fraction of sp³-hybridized carbons (Fsp3) is 0.600. The predicted molar refractivity (Wildman–Crippen MR) is 135 cm³/mol. The Morgan fingerprint density at radius 3 is 2.16 bits per heavy atom. The second kappa shape index (κ2) is 11.9. The Hall–Kier alpha value is -1.80. The molecule has 2 nitrogen and oxygen atoms in total. The molecular formula is C30H44O2. The van der Waals surface area contributed by atoms with Crippen LogP contribution in [-0.2, 0) is 11.3 Å². The van der Waals surface area contributed by atoms with Gasteiger partial charge >= 0.3 is 0 Å². The molecule has 2 aromatic carbocycles. The largest absolute Gasteiger partial charge is 0.465 e. The van der Waals surface area contributed by atoms with Gasteiger partial charge in [-0.05, 0) is 66.2 Å². The van der Waals surface area contributed by atoms with Gasteiger partial charge in [0.25, 0.3) is 0 Å². The highest BCUT2D eigenvalue weighted by atomic mass is 16.7. The molecule has 3 atom stereocenters. The lowest BCUT2D eigenvalue weighted by Gasteiger charge is -2.33. The van der Waals surface area contributed by atoms with Crippen LogP contribution in [0, 0.1) is 17.3 Å².